The van der Waals surface area contributed by atoms with Crippen LogP contribution in [-0.2, 0) is 25.6 Å². The maximum atomic E-state index is 10.3. The standard InChI is InChI=1S/C6H9N3O2.C4H8N2O3.C3H7NO3/c7-5(6(10)11)1-4-2-8-3-9-4;5-2(4(8)9)1-3(6)7;4-2(1-5)3(6)7/h2-3,5H,1,7H2,(H,8,9)(H,10,11);2H,1,5H2,(H2,6,7)(H,8,9);2,5H,1,4H2,(H,6,7)/t5-;2*2-/m000/s1. The Morgan fingerprint density at radius 2 is 1.44 bits per heavy atom. The van der Waals surface area contributed by atoms with Gasteiger partial charge < -0.3 is 48.3 Å². The minimum atomic E-state index is -1.21. The van der Waals surface area contributed by atoms with Crippen molar-refractivity contribution in [1.29, 1.82) is 0 Å². The molecule has 14 nitrogen and oxygen atoms in total. The molecule has 3 atom stereocenters. The lowest BCUT2D eigenvalue weighted by Gasteiger charge is -2.02. The maximum Gasteiger partial charge on any atom is 0.322 e. The van der Waals surface area contributed by atoms with E-state index in [1.807, 2.05) is 0 Å². The van der Waals surface area contributed by atoms with Gasteiger partial charge in [0.2, 0.25) is 5.91 Å². The summed E-state index contributed by atoms with van der Waals surface area (Å²) >= 11 is 0. The van der Waals surface area contributed by atoms with Crippen LogP contribution in [0.4, 0.5) is 0 Å². The Morgan fingerprint density at radius 1 is 0.963 bits per heavy atom. The van der Waals surface area contributed by atoms with Gasteiger partial charge in [-0.25, -0.2) is 4.98 Å². The normalized spacial score (nSPS) is 12.9. The first-order chi connectivity index (χ1) is 12.4. The third-order valence-corrected chi connectivity index (χ3v) is 2.56. The number of hydrogen-bond acceptors (Lipinski definition) is 9. The first-order valence-corrected chi connectivity index (χ1v) is 7.23. The SMILES string of the molecule is NC(=O)C[C@H](N)C(=O)O.N[C@@H](CO)C(=O)O.N[C@@H](Cc1cnc[nH]1)C(=O)O. The summed E-state index contributed by atoms with van der Waals surface area (Å²) in [4.78, 5) is 46.3. The highest BCUT2D eigenvalue weighted by atomic mass is 16.4. The number of carboxylic acids is 3. The first kappa shape index (κ1) is 26.2. The lowest BCUT2D eigenvalue weighted by molar-refractivity contribution is -0.140. The number of aliphatic carboxylic acids is 3. The van der Waals surface area contributed by atoms with Gasteiger partial charge in [0.25, 0.3) is 0 Å². The maximum absolute atomic E-state index is 10.3. The molecule has 0 unspecified atom stereocenters. The molecule has 1 aromatic rings. The Labute approximate surface area is 153 Å². The number of carbonyl (C=O) groups excluding carboxylic acids is 1. The molecule has 0 aliphatic carbocycles. The molecule has 0 fully saturated rings. The van der Waals surface area contributed by atoms with Crippen LogP contribution < -0.4 is 22.9 Å². The van der Waals surface area contributed by atoms with E-state index in [1.54, 1.807) is 6.20 Å². The fourth-order valence-electron chi connectivity index (χ4n) is 1.10. The van der Waals surface area contributed by atoms with Crippen LogP contribution in [0.3, 0.4) is 0 Å². The molecule has 0 aromatic carbocycles. The van der Waals surface area contributed by atoms with E-state index in [1.165, 1.54) is 6.33 Å². The van der Waals surface area contributed by atoms with Gasteiger partial charge in [-0.05, 0) is 0 Å². The van der Waals surface area contributed by atoms with Crippen LogP contribution >= 0.6 is 0 Å². The molecule has 27 heavy (non-hydrogen) atoms. The zero-order valence-corrected chi connectivity index (χ0v) is 14.2. The topological polar surface area (TPSA) is 282 Å². The molecular weight excluding hydrogens is 368 g/mol. The second-order valence-electron chi connectivity index (χ2n) is 4.97. The minimum absolute atomic E-state index is 0.287. The van der Waals surface area contributed by atoms with E-state index in [0.29, 0.717) is 0 Å². The van der Waals surface area contributed by atoms with E-state index in [9.17, 15) is 19.2 Å². The van der Waals surface area contributed by atoms with Gasteiger partial charge in [-0.15, -0.1) is 0 Å². The number of aliphatic hydroxyl groups excluding tert-OH is 1. The summed E-state index contributed by atoms with van der Waals surface area (Å²) in [5, 5.41) is 32.4. The summed E-state index contributed by atoms with van der Waals surface area (Å²) in [7, 11) is 0. The van der Waals surface area contributed by atoms with E-state index in [0.717, 1.165) is 5.69 Å². The lowest BCUT2D eigenvalue weighted by atomic mass is 10.2. The van der Waals surface area contributed by atoms with E-state index in [-0.39, 0.29) is 12.8 Å². The van der Waals surface area contributed by atoms with Crippen molar-refractivity contribution in [3.8, 4) is 0 Å². The second kappa shape index (κ2) is 14.1. The Kier molecular flexibility index (Phi) is 13.7. The summed E-state index contributed by atoms with van der Waals surface area (Å²) in [6.45, 7) is -0.505. The largest absolute Gasteiger partial charge is 0.480 e. The fraction of sp³-hybridized carbons (Fsp3) is 0.462. The van der Waals surface area contributed by atoms with Crippen molar-refractivity contribution in [2.75, 3.05) is 6.61 Å². The predicted octanol–water partition coefficient (Wildman–Crippen LogP) is -3.97. The molecule has 0 aliphatic heterocycles. The number of nitrogens with one attached hydrogen (secondary N) is 1. The van der Waals surface area contributed by atoms with Crippen LogP contribution in [0.25, 0.3) is 0 Å². The molecule has 0 aliphatic rings. The summed E-state index contributed by atoms with van der Waals surface area (Å²) in [6, 6.07) is -3.14. The number of imidazole rings is 1. The van der Waals surface area contributed by atoms with Crippen molar-refractivity contribution in [3.05, 3.63) is 18.2 Å². The number of rotatable bonds is 8. The predicted molar refractivity (Wildman–Crippen MR) is 90.0 cm³/mol. The van der Waals surface area contributed by atoms with Crippen LogP contribution in [0.5, 0.6) is 0 Å². The number of H-pyrrole nitrogens is 1. The van der Waals surface area contributed by atoms with Crippen LogP contribution in [0.2, 0.25) is 0 Å². The summed E-state index contributed by atoms with van der Waals surface area (Å²) in [5.74, 6) is -4.10. The van der Waals surface area contributed by atoms with Gasteiger partial charge in [0.1, 0.15) is 18.1 Å². The first-order valence-electron chi connectivity index (χ1n) is 7.23. The molecule has 1 rings (SSSR count). The van der Waals surface area contributed by atoms with Gasteiger partial charge in [0, 0.05) is 18.3 Å². The zero-order valence-electron chi connectivity index (χ0n) is 14.2. The summed E-state index contributed by atoms with van der Waals surface area (Å²) < 4.78 is 0. The lowest BCUT2D eigenvalue weighted by Crippen LogP contribution is -2.34. The second-order valence-corrected chi connectivity index (χ2v) is 4.97. The Hall–Kier alpha value is -3.07. The molecule has 0 saturated carbocycles. The number of nitrogens with zero attached hydrogens (tertiary/aromatic N) is 1. The van der Waals surface area contributed by atoms with Crippen LogP contribution in [0.15, 0.2) is 12.5 Å². The molecule has 1 heterocycles. The molecule has 154 valence electrons. The van der Waals surface area contributed by atoms with Crippen molar-refractivity contribution >= 4 is 23.8 Å². The number of primary amides is 1. The van der Waals surface area contributed by atoms with Gasteiger partial charge in [0.15, 0.2) is 0 Å². The Balaban J connectivity index is 0. The van der Waals surface area contributed by atoms with Gasteiger partial charge in [-0.3, -0.25) is 19.2 Å². The highest BCUT2D eigenvalue weighted by Crippen LogP contribution is 1.95. The molecule has 1 aromatic heterocycles. The van der Waals surface area contributed by atoms with Crippen molar-refractivity contribution in [3.63, 3.8) is 0 Å². The molecule has 0 bridgehead atoms. The third-order valence-electron chi connectivity index (χ3n) is 2.56. The number of aromatic nitrogens is 2. The van der Waals surface area contributed by atoms with Gasteiger partial charge >= 0.3 is 17.9 Å². The average Bonchev–Trinajstić information content (AvgIpc) is 3.07. The van der Waals surface area contributed by atoms with Crippen LogP contribution in [0, 0.1) is 0 Å². The van der Waals surface area contributed by atoms with E-state index in [2.05, 4.69) is 15.7 Å². The van der Waals surface area contributed by atoms with Crippen LogP contribution in [0.1, 0.15) is 12.1 Å². The van der Waals surface area contributed by atoms with Crippen molar-refractivity contribution < 1.29 is 39.6 Å². The number of carbonyl (C=O) groups is 4. The summed E-state index contributed by atoms with van der Waals surface area (Å²) in [5.41, 5.74) is 20.3. The fourth-order valence-corrected chi connectivity index (χ4v) is 1.10. The third kappa shape index (κ3) is 14.9. The van der Waals surface area contributed by atoms with Crippen LogP contribution in [-0.4, -0.2) is 78.9 Å². The number of aliphatic hydroxyl groups is 1. The quantitative estimate of drug-likeness (QED) is 0.205. The summed E-state index contributed by atoms with van der Waals surface area (Å²) in [6.07, 6.45) is 3.03. The monoisotopic (exact) mass is 392 g/mol. The number of hydrogen-bond donors (Lipinski definition) is 9. The van der Waals surface area contributed by atoms with Crippen molar-refractivity contribution in [2.24, 2.45) is 22.9 Å². The van der Waals surface area contributed by atoms with Gasteiger partial charge in [0.05, 0.1) is 19.4 Å². The smallest absolute Gasteiger partial charge is 0.322 e. The molecule has 1 amide bonds. The Bertz CT molecular complexity index is 594. The molecular formula is C13H24N6O8. The number of amides is 1. The van der Waals surface area contributed by atoms with E-state index < -0.39 is 48.5 Å². The number of carboxylic acid groups (broad SMARTS) is 3. The highest BCUT2D eigenvalue weighted by Gasteiger charge is 2.13. The molecule has 0 radical (unpaired) electrons. The zero-order chi connectivity index (χ0) is 21.6. The molecule has 0 spiro atoms. The molecule has 13 N–H and O–H groups in total. The van der Waals surface area contributed by atoms with E-state index >= 15 is 0 Å². The highest BCUT2D eigenvalue weighted by molar-refractivity contribution is 5.83. The number of aromatic amines is 1. The molecule has 14 heteroatoms. The average molecular weight is 392 g/mol. The van der Waals surface area contributed by atoms with Gasteiger partial charge in [-0.2, -0.15) is 0 Å². The van der Waals surface area contributed by atoms with Gasteiger partial charge in [-0.1, -0.05) is 0 Å². The van der Waals surface area contributed by atoms with E-state index in [4.69, 9.17) is 37.6 Å². The molecule has 0 saturated heterocycles. The van der Waals surface area contributed by atoms with Crippen molar-refractivity contribution in [2.45, 2.75) is 31.0 Å². The minimum Gasteiger partial charge on any atom is -0.480 e. The van der Waals surface area contributed by atoms with Crippen molar-refractivity contribution in [1.82, 2.24) is 9.97 Å². The number of nitrogens with two attached hydrogens (primary N) is 4. The Morgan fingerprint density at radius 3 is 1.67 bits per heavy atom.